The highest BCUT2D eigenvalue weighted by molar-refractivity contribution is 7.89. The summed E-state index contributed by atoms with van der Waals surface area (Å²) in [5.74, 6) is 0. The van der Waals surface area contributed by atoms with E-state index in [1.165, 1.54) is 0 Å². The van der Waals surface area contributed by atoms with Crippen molar-refractivity contribution in [3.05, 3.63) is 29.3 Å². The van der Waals surface area contributed by atoms with Gasteiger partial charge in [0, 0.05) is 5.02 Å². The molecule has 1 atom stereocenters. The Bertz CT molecular complexity index is 315. The monoisotopic (exact) mass is 233 g/mol. The van der Waals surface area contributed by atoms with E-state index in [0.717, 1.165) is 0 Å². The Labute approximate surface area is 90.0 Å². The summed E-state index contributed by atoms with van der Waals surface area (Å²) in [4.78, 5) is 0.668. The van der Waals surface area contributed by atoms with Gasteiger partial charge in [-0.2, -0.15) is 0 Å². The summed E-state index contributed by atoms with van der Waals surface area (Å²) in [6.07, 6.45) is -0.828. The molecule has 0 aromatic heterocycles. The maximum Gasteiger partial charge on any atom is 0.174 e. The summed E-state index contributed by atoms with van der Waals surface area (Å²) in [7, 11) is 0. The number of hydrogen-bond acceptors (Lipinski definition) is 2. The third-order valence-electron chi connectivity index (χ3n) is 2.05. The van der Waals surface area contributed by atoms with E-state index in [2.05, 4.69) is 0 Å². The lowest BCUT2D eigenvalue weighted by Crippen LogP contribution is -2.51. The number of alkyl halides is 1. The van der Waals surface area contributed by atoms with Crippen LogP contribution in [0.2, 0.25) is 5.02 Å². The highest BCUT2D eigenvalue weighted by atomic mass is 35.5. The molecule has 1 aromatic carbocycles. The predicted octanol–water partition coefficient (Wildman–Crippen LogP) is 2.02. The second kappa shape index (κ2) is 4.06. The largest absolute Gasteiger partial charge is 0.593 e. The Balaban J connectivity index is 2.04. The number of rotatable bonds is 2. The van der Waals surface area contributed by atoms with E-state index in [-0.39, 0.29) is 13.1 Å². The van der Waals surface area contributed by atoms with Crippen LogP contribution >= 0.6 is 11.6 Å². The Morgan fingerprint density at radius 3 is 2.43 bits per heavy atom. The van der Waals surface area contributed by atoms with Crippen molar-refractivity contribution < 1.29 is 8.94 Å². The summed E-state index contributed by atoms with van der Waals surface area (Å²) >= 11 is 4.46. The van der Waals surface area contributed by atoms with Crippen LogP contribution in [0.4, 0.5) is 4.39 Å². The number of nitrogens with zero attached hydrogens (tertiary/aromatic N) is 1. The van der Waals surface area contributed by atoms with Crippen molar-refractivity contribution in [2.45, 2.75) is 11.1 Å². The zero-order valence-electron chi connectivity index (χ0n) is 7.32. The normalized spacial score (nSPS) is 20.5. The summed E-state index contributed by atoms with van der Waals surface area (Å²) in [5.41, 5.74) is 0. The molecular weight excluding hydrogens is 225 g/mol. The van der Waals surface area contributed by atoms with E-state index < -0.39 is 17.5 Å². The molecule has 1 aliphatic heterocycles. The van der Waals surface area contributed by atoms with Gasteiger partial charge in [0.15, 0.2) is 4.90 Å². The smallest absolute Gasteiger partial charge is 0.174 e. The number of benzene rings is 1. The standard InChI is InChI=1S/C9H9ClFNOS/c10-7-1-3-9(4-2-7)14(13)12-5-8(11)6-12/h1-4,8H,5-6H2. The second-order valence-corrected chi connectivity index (χ2v) is 5.07. The molecule has 1 aromatic rings. The Morgan fingerprint density at radius 2 is 1.93 bits per heavy atom. The van der Waals surface area contributed by atoms with Crippen molar-refractivity contribution in [3.8, 4) is 0 Å². The molecule has 1 saturated heterocycles. The van der Waals surface area contributed by atoms with Crippen molar-refractivity contribution in [3.63, 3.8) is 0 Å². The van der Waals surface area contributed by atoms with Gasteiger partial charge in [-0.15, -0.1) is 4.31 Å². The van der Waals surface area contributed by atoms with Crippen molar-refractivity contribution in [1.82, 2.24) is 4.31 Å². The average Bonchev–Trinajstić information content (AvgIpc) is 2.13. The minimum atomic E-state index is -1.24. The summed E-state index contributed by atoms with van der Waals surface area (Å²) in [6.45, 7) is 0.518. The van der Waals surface area contributed by atoms with Gasteiger partial charge >= 0.3 is 0 Å². The molecule has 5 heteroatoms. The highest BCUT2D eigenvalue weighted by Gasteiger charge is 2.36. The van der Waals surface area contributed by atoms with E-state index in [0.29, 0.717) is 9.92 Å². The second-order valence-electron chi connectivity index (χ2n) is 3.15. The van der Waals surface area contributed by atoms with Crippen LogP contribution in [0.5, 0.6) is 0 Å². The molecule has 1 aliphatic rings. The Kier molecular flexibility index (Phi) is 2.97. The maximum absolute atomic E-state index is 12.5. The molecule has 0 N–H and O–H groups in total. The highest BCUT2D eigenvalue weighted by Crippen LogP contribution is 2.23. The van der Waals surface area contributed by atoms with Crippen LogP contribution < -0.4 is 0 Å². The Hall–Kier alpha value is -0.290. The lowest BCUT2D eigenvalue weighted by Gasteiger charge is -2.33. The quantitative estimate of drug-likeness (QED) is 0.731. The van der Waals surface area contributed by atoms with Gasteiger partial charge in [0.25, 0.3) is 0 Å². The molecular formula is C9H9ClFNOS. The summed E-state index contributed by atoms with van der Waals surface area (Å²) in [5, 5.41) is 0.609. The van der Waals surface area contributed by atoms with E-state index >= 15 is 0 Å². The molecule has 14 heavy (non-hydrogen) atoms. The van der Waals surface area contributed by atoms with Crippen molar-refractivity contribution >= 4 is 23.0 Å². The number of halogens is 2. The summed E-state index contributed by atoms with van der Waals surface area (Å²) in [6, 6.07) is 6.76. The third-order valence-corrected chi connectivity index (χ3v) is 3.75. The minimum absolute atomic E-state index is 0.259. The topological polar surface area (TPSA) is 26.3 Å². The van der Waals surface area contributed by atoms with Crippen LogP contribution in [0.1, 0.15) is 0 Å². The van der Waals surface area contributed by atoms with Crippen molar-refractivity contribution in [2.75, 3.05) is 13.1 Å². The van der Waals surface area contributed by atoms with Crippen LogP contribution in [0, 0.1) is 0 Å². The molecule has 1 unspecified atom stereocenters. The minimum Gasteiger partial charge on any atom is -0.593 e. The average molecular weight is 234 g/mol. The van der Waals surface area contributed by atoms with Gasteiger partial charge in [-0.3, -0.25) is 0 Å². The zero-order chi connectivity index (χ0) is 10.1. The zero-order valence-corrected chi connectivity index (χ0v) is 8.89. The fraction of sp³-hybridized carbons (Fsp3) is 0.333. The fourth-order valence-electron chi connectivity index (χ4n) is 1.22. The van der Waals surface area contributed by atoms with E-state index in [1.54, 1.807) is 28.6 Å². The number of hydrogen-bond donors (Lipinski definition) is 0. The molecule has 0 saturated carbocycles. The van der Waals surface area contributed by atoms with Gasteiger partial charge in [0.2, 0.25) is 0 Å². The van der Waals surface area contributed by atoms with Crippen molar-refractivity contribution in [1.29, 1.82) is 0 Å². The van der Waals surface area contributed by atoms with E-state index in [4.69, 9.17) is 11.6 Å². The van der Waals surface area contributed by atoms with Crippen LogP contribution in [0.15, 0.2) is 29.2 Å². The molecule has 0 radical (unpaired) electrons. The summed E-state index contributed by atoms with van der Waals surface area (Å²) < 4.78 is 25.8. The van der Waals surface area contributed by atoms with Crippen molar-refractivity contribution in [2.24, 2.45) is 0 Å². The van der Waals surface area contributed by atoms with Gasteiger partial charge in [0.05, 0.1) is 24.5 Å². The van der Waals surface area contributed by atoms with Gasteiger partial charge in [-0.25, -0.2) is 4.39 Å². The lowest BCUT2D eigenvalue weighted by atomic mass is 10.3. The van der Waals surface area contributed by atoms with Gasteiger partial charge in [0.1, 0.15) is 6.17 Å². The third kappa shape index (κ3) is 2.03. The molecule has 1 heterocycles. The molecule has 2 nitrogen and oxygen atoms in total. The maximum atomic E-state index is 12.5. The van der Waals surface area contributed by atoms with E-state index in [9.17, 15) is 8.94 Å². The first kappa shape index (κ1) is 10.2. The van der Waals surface area contributed by atoms with Crippen LogP contribution in [0.3, 0.4) is 0 Å². The van der Waals surface area contributed by atoms with Gasteiger partial charge in [-0.05, 0) is 24.3 Å². The van der Waals surface area contributed by atoms with E-state index in [1.807, 2.05) is 0 Å². The first-order chi connectivity index (χ1) is 6.66. The molecule has 0 aliphatic carbocycles. The lowest BCUT2D eigenvalue weighted by molar-refractivity contribution is 0.141. The first-order valence-corrected chi connectivity index (χ1v) is 5.72. The molecule has 2 rings (SSSR count). The fourth-order valence-corrected chi connectivity index (χ4v) is 2.61. The Morgan fingerprint density at radius 1 is 1.36 bits per heavy atom. The molecule has 1 fully saturated rings. The SMILES string of the molecule is [O-][S+](c1ccc(Cl)cc1)N1CC(F)C1. The molecule has 0 bridgehead atoms. The predicted molar refractivity (Wildman–Crippen MR) is 54.3 cm³/mol. The molecule has 0 spiro atoms. The van der Waals surface area contributed by atoms with Crippen LogP contribution in [0.25, 0.3) is 0 Å². The van der Waals surface area contributed by atoms with Crippen LogP contribution in [-0.2, 0) is 11.4 Å². The first-order valence-electron chi connectivity index (χ1n) is 4.23. The van der Waals surface area contributed by atoms with Gasteiger partial charge in [-0.1, -0.05) is 11.6 Å². The molecule has 0 amide bonds. The van der Waals surface area contributed by atoms with Gasteiger partial charge < -0.3 is 4.55 Å². The van der Waals surface area contributed by atoms with Crippen LogP contribution in [-0.4, -0.2) is 28.1 Å². The molecule has 76 valence electrons.